The molecule has 1 nitrogen and oxygen atoms in total. The Labute approximate surface area is 102 Å². The lowest BCUT2D eigenvalue weighted by Crippen LogP contribution is -2.30. The van der Waals surface area contributed by atoms with Gasteiger partial charge in [0.15, 0.2) is 0 Å². The lowest BCUT2D eigenvalue weighted by atomic mass is 10.1. The van der Waals surface area contributed by atoms with Crippen molar-refractivity contribution in [1.29, 1.82) is 0 Å². The molecule has 0 spiro atoms. The van der Waals surface area contributed by atoms with Crippen molar-refractivity contribution in [3.8, 4) is 0 Å². The second-order valence-electron chi connectivity index (χ2n) is 4.19. The summed E-state index contributed by atoms with van der Waals surface area (Å²) in [5, 5.41) is 4.82. The molecule has 0 saturated carbocycles. The van der Waals surface area contributed by atoms with Gasteiger partial charge in [0.25, 0.3) is 0 Å². The van der Waals surface area contributed by atoms with E-state index in [4.69, 9.17) is 23.2 Å². The summed E-state index contributed by atoms with van der Waals surface area (Å²) in [6.07, 6.45) is 0. The van der Waals surface area contributed by atoms with Crippen molar-refractivity contribution in [2.45, 2.75) is 33.4 Å². The molecule has 0 aromatic heterocycles. The molecule has 1 unspecified atom stereocenters. The number of hydrogen-bond acceptors (Lipinski definition) is 1. The molecule has 0 radical (unpaired) electrons. The zero-order valence-electron chi connectivity index (χ0n) is 9.35. The van der Waals surface area contributed by atoms with Crippen molar-refractivity contribution in [2.24, 2.45) is 5.92 Å². The zero-order chi connectivity index (χ0) is 11.4. The third-order valence-electron chi connectivity index (χ3n) is 2.55. The van der Waals surface area contributed by atoms with Crippen molar-refractivity contribution in [2.75, 3.05) is 0 Å². The normalized spacial score (nSPS) is 13.2. The van der Waals surface area contributed by atoms with Crippen LogP contribution in [0.1, 0.15) is 26.3 Å². The molecule has 0 saturated heterocycles. The largest absolute Gasteiger partial charge is 0.310 e. The van der Waals surface area contributed by atoms with Gasteiger partial charge in [-0.1, -0.05) is 37.0 Å². The van der Waals surface area contributed by atoms with E-state index < -0.39 is 0 Å². The molecule has 0 aliphatic rings. The summed E-state index contributed by atoms with van der Waals surface area (Å²) in [7, 11) is 0. The summed E-state index contributed by atoms with van der Waals surface area (Å²) < 4.78 is 0. The monoisotopic (exact) mass is 245 g/mol. The van der Waals surface area contributed by atoms with Crippen LogP contribution in [-0.4, -0.2) is 6.04 Å². The minimum atomic E-state index is 0.489. The summed E-state index contributed by atoms with van der Waals surface area (Å²) in [6, 6.07) is 6.11. The Kier molecular flexibility index (Phi) is 4.91. The van der Waals surface area contributed by atoms with Gasteiger partial charge >= 0.3 is 0 Å². The van der Waals surface area contributed by atoms with E-state index in [1.807, 2.05) is 12.1 Å². The molecule has 0 amide bonds. The van der Waals surface area contributed by atoms with Crippen LogP contribution in [0.3, 0.4) is 0 Å². The first-order valence-electron chi connectivity index (χ1n) is 5.17. The maximum Gasteiger partial charge on any atom is 0.0424 e. The molecule has 1 rings (SSSR count). The smallest absolute Gasteiger partial charge is 0.0424 e. The topological polar surface area (TPSA) is 12.0 Å². The lowest BCUT2D eigenvalue weighted by molar-refractivity contribution is 0.426. The van der Waals surface area contributed by atoms with Gasteiger partial charge in [0.2, 0.25) is 0 Å². The van der Waals surface area contributed by atoms with Crippen molar-refractivity contribution in [1.82, 2.24) is 5.32 Å². The van der Waals surface area contributed by atoms with E-state index in [2.05, 4.69) is 26.1 Å². The van der Waals surface area contributed by atoms with E-state index >= 15 is 0 Å². The molecule has 0 fully saturated rings. The maximum atomic E-state index is 5.92. The molecule has 84 valence electrons. The summed E-state index contributed by atoms with van der Waals surface area (Å²) in [6.45, 7) is 7.38. The van der Waals surface area contributed by atoms with E-state index in [-0.39, 0.29) is 0 Å². The number of hydrogen-bond donors (Lipinski definition) is 1. The van der Waals surface area contributed by atoms with E-state index in [1.54, 1.807) is 6.07 Å². The molecule has 0 heterocycles. The molecule has 0 aliphatic carbocycles. The van der Waals surface area contributed by atoms with Crippen LogP contribution in [0.25, 0.3) is 0 Å². The highest BCUT2D eigenvalue weighted by atomic mass is 35.5. The quantitative estimate of drug-likeness (QED) is 0.842. The highest BCUT2D eigenvalue weighted by molar-refractivity contribution is 6.34. The first-order valence-corrected chi connectivity index (χ1v) is 5.93. The highest BCUT2D eigenvalue weighted by Gasteiger charge is 2.06. The van der Waals surface area contributed by atoms with Gasteiger partial charge in [0, 0.05) is 22.6 Å². The molecule has 0 bridgehead atoms. The van der Waals surface area contributed by atoms with Crippen molar-refractivity contribution in [3.05, 3.63) is 33.8 Å². The van der Waals surface area contributed by atoms with Crippen LogP contribution in [0.15, 0.2) is 18.2 Å². The van der Waals surface area contributed by atoms with Gasteiger partial charge in [-0.25, -0.2) is 0 Å². The third-order valence-corrected chi connectivity index (χ3v) is 2.99. The van der Waals surface area contributed by atoms with Crippen molar-refractivity contribution >= 4 is 23.2 Å². The van der Waals surface area contributed by atoms with E-state index in [0.29, 0.717) is 22.0 Å². The van der Waals surface area contributed by atoms with Crippen LogP contribution in [0.5, 0.6) is 0 Å². The maximum absolute atomic E-state index is 5.92. The van der Waals surface area contributed by atoms with Crippen molar-refractivity contribution < 1.29 is 0 Å². The lowest BCUT2D eigenvalue weighted by Gasteiger charge is -2.17. The molecule has 1 N–H and O–H groups in total. The summed E-state index contributed by atoms with van der Waals surface area (Å²) in [4.78, 5) is 0. The predicted molar refractivity (Wildman–Crippen MR) is 67.6 cm³/mol. The summed E-state index contributed by atoms with van der Waals surface area (Å²) in [5.74, 6) is 0.625. The standard InChI is InChI=1S/C12H17Cl2N/c1-8(2)9(3)15-7-10-4-11(13)6-12(14)5-10/h4-6,8-9,15H,7H2,1-3H3. The predicted octanol–water partition coefficient (Wildman–Crippen LogP) is 4.13. The molecule has 1 aromatic carbocycles. The zero-order valence-corrected chi connectivity index (χ0v) is 10.9. The molecule has 3 heteroatoms. The van der Waals surface area contributed by atoms with Crippen molar-refractivity contribution in [3.63, 3.8) is 0 Å². The molecule has 15 heavy (non-hydrogen) atoms. The Bertz CT molecular complexity index is 303. The van der Waals surface area contributed by atoms with Gasteiger partial charge in [-0.15, -0.1) is 0 Å². The van der Waals surface area contributed by atoms with Gasteiger partial charge in [0.1, 0.15) is 0 Å². The molecular weight excluding hydrogens is 229 g/mol. The minimum Gasteiger partial charge on any atom is -0.310 e. The number of halogens is 2. The average Bonchev–Trinajstić information content (AvgIpc) is 2.12. The first-order chi connectivity index (χ1) is 6.99. The van der Waals surface area contributed by atoms with Gasteiger partial charge < -0.3 is 5.32 Å². The Morgan fingerprint density at radius 2 is 1.60 bits per heavy atom. The van der Waals surface area contributed by atoms with Crippen LogP contribution in [-0.2, 0) is 6.54 Å². The second-order valence-corrected chi connectivity index (χ2v) is 5.06. The Hall–Kier alpha value is -0.240. The van der Waals surface area contributed by atoms with Crippen LogP contribution in [0.2, 0.25) is 10.0 Å². The Morgan fingerprint density at radius 3 is 2.07 bits per heavy atom. The number of benzene rings is 1. The average molecular weight is 246 g/mol. The molecule has 0 aliphatic heterocycles. The van der Waals surface area contributed by atoms with E-state index in [9.17, 15) is 0 Å². The summed E-state index contributed by atoms with van der Waals surface area (Å²) in [5.41, 5.74) is 1.13. The second kappa shape index (κ2) is 5.74. The highest BCUT2D eigenvalue weighted by Crippen LogP contribution is 2.19. The third kappa shape index (κ3) is 4.42. The molecule has 1 aromatic rings. The van der Waals surface area contributed by atoms with Crippen LogP contribution >= 0.6 is 23.2 Å². The van der Waals surface area contributed by atoms with Gasteiger partial charge in [-0.05, 0) is 36.6 Å². The van der Waals surface area contributed by atoms with Crippen LogP contribution in [0, 0.1) is 5.92 Å². The fraction of sp³-hybridized carbons (Fsp3) is 0.500. The Balaban J connectivity index is 2.57. The molecular formula is C12H17Cl2N. The fourth-order valence-corrected chi connectivity index (χ4v) is 1.80. The van der Waals surface area contributed by atoms with Gasteiger partial charge in [-0.2, -0.15) is 0 Å². The van der Waals surface area contributed by atoms with Crippen LogP contribution < -0.4 is 5.32 Å². The fourth-order valence-electron chi connectivity index (χ4n) is 1.23. The van der Waals surface area contributed by atoms with Gasteiger partial charge in [0.05, 0.1) is 0 Å². The minimum absolute atomic E-state index is 0.489. The summed E-state index contributed by atoms with van der Waals surface area (Å²) >= 11 is 11.8. The first kappa shape index (κ1) is 12.8. The van der Waals surface area contributed by atoms with Gasteiger partial charge in [-0.3, -0.25) is 0 Å². The van der Waals surface area contributed by atoms with E-state index in [0.717, 1.165) is 12.1 Å². The van der Waals surface area contributed by atoms with E-state index in [1.165, 1.54) is 0 Å². The number of nitrogens with one attached hydrogen (secondary N) is 1. The Morgan fingerprint density at radius 1 is 1.07 bits per heavy atom. The SMILES string of the molecule is CC(C)C(C)NCc1cc(Cl)cc(Cl)c1. The number of rotatable bonds is 4. The van der Waals surface area contributed by atoms with Crippen LogP contribution in [0.4, 0.5) is 0 Å². The molecule has 1 atom stereocenters.